The summed E-state index contributed by atoms with van der Waals surface area (Å²) in [7, 11) is -1.91. The Morgan fingerprint density at radius 3 is 2.38 bits per heavy atom. The molecule has 0 bridgehead atoms. The van der Waals surface area contributed by atoms with E-state index >= 15 is 0 Å². The number of rotatable bonds is 7. The minimum absolute atomic E-state index is 0.176. The van der Waals surface area contributed by atoms with Crippen LogP contribution in [0, 0.1) is 6.92 Å². The summed E-state index contributed by atoms with van der Waals surface area (Å²) >= 11 is 0. The third-order valence-electron chi connectivity index (χ3n) is 4.83. The van der Waals surface area contributed by atoms with E-state index in [1.54, 1.807) is 50.4 Å². The first-order valence-corrected chi connectivity index (χ1v) is 11.0. The number of sulfonamides is 1. The number of piperidine rings is 1. The van der Waals surface area contributed by atoms with Gasteiger partial charge in [0.15, 0.2) is 6.61 Å². The molecule has 0 saturated carbocycles. The number of carbonyl (C=O) groups excluding carboxylic acids is 1. The molecule has 2 aromatic carbocycles. The van der Waals surface area contributed by atoms with Gasteiger partial charge in [-0.1, -0.05) is 6.42 Å². The first-order chi connectivity index (χ1) is 13.9. The third kappa shape index (κ3) is 5.27. The van der Waals surface area contributed by atoms with E-state index in [0.717, 1.165) is 19.3 Å². The monoisotopic (exact) mass is 418 g/mol. The highest BCUT2D eigenvalue weighted by Crippen LogP contribution is 2.26. The fourth-order valence-corrected chi connectivity index (χ4v) is 4.82. The number of aryl methyl sites for hydroxylation is 1. The maximum atomic E-state index is 12.8. The summed E-state index contributed by atoms with van der Waals surface area (Å²) in [4.78, 5) is 12.4. The van der Waals surface area contributed by atoms with Crippen molar-refractivity contribution < 1.29 is 22.7 Å². The van der Waals surface area contributed by atoms with Gasteiger partial charge in [-0.2, -0.15) is 4.31 Å². The first-order valence-electron chi connectivity index (χ1n) is 9.57. The molecule has 156 valence electrons. The molecule has 0 spiro atoms. The number of methoxy groups -OCH3 is 1. The minimum Gasteiger partial charge on any atom is -0.497 e. The van der Waals surface area contributed by atoms with Crippen molar-refractivity contribution in [3.05, 3.63) is 48.0 Å². The maximum absolute atomic E-state index is 12.8. The van der Waals surface area contributed by atoms with Gasteiger partial charge in [0.05, 0.1) is 12.0 Å². The normalized spacial score (nSPS) is 15.0. The van der Waals surface area contributed by atoms with Gasteiger partial charge in [-0.25, -0.2) is 8.42 Å². The number of hydrogen-bond acceptors (Lipinski definition) is 5. The molecule has 1 fully saturated rings. The topological polar surface area (TPSA) is 84.9 Å². The van der Waals surface area contributed by atoms with Crippen LogP contribution in [0.5, 0.6) is 11.5 Å². The van der Waals surface area contributed by atoms with Crippen LogP contribution in [-0.4, -0.2) is 45.4 Å². The summed E-state index contributed by atoms with van der Waals surface area (Å²) in [5, 5.41) is 2.74. The average molecular weight is 419 g/mol. The van der Waals surface area contributed by atoms with E-state index in [1.807, 2.05) is 0 Å². The van der Waals surface area contributed by atoms with E-state index in [-0.39, 0.29) is 17.4 Å². The molecule has 1 amide bonds. The highest BCUT2D eigenvalue weighted by atomic mass is 32.2. The summed E-state index contributed by atoms with van der Waals surface area (Å²) < 4.78 is 37.8. The molecule has 1 aliphatic rings. The second-order valence-corrected chi connectivity index (χ2v) is 8.90. The van der Waals surface area contributed by atoms with Crippen LogP contribution in [0.4, 0.5) is 5.69 Å². The molecule has 3 rings (SSSR count). The Labute approximate surface area is 171 Å². The molecular weight excluding hydrogens is 392 g/mol. The molecular formula is C21H26N2O5S. The van der Waals surface area contributed by atoms with Crippen LogP contribution in [0.2, 0.25) is 0 Å². The van der Waals surface area contributed by atoms with E-state index in [0.29, 0.717) is 35.8 Å². The van der Waals surface area contributed by atoms with Crippen molar-refractivity contribution in [1.29, 1.82) is 0 Å². The molecule has 1 N–H and O–H groups in total. The van der Waals surface area contributed by atoms with Crippen molar-refractivity contribution in [3.63, 3.8) is 0 Å². The minimum atomic E-state index is -3.49. The van der Waals surface area contributed by atoms with Crippen molar-refractivity contribution in [2.24, 2.45) is 0 Å². The van der Waals surface area contributed by atoms with E-state index in [1.165, 1.54) is 10.4 Å². The Bertz CT molecular complexity index is 952. The Kier molecular flexibility index (Phi) is 6.76. The molecule has 0 aliphatic carbocycles. The van der Waals surface area contributed by atoms with E-state index in [2.05, 4.69) is 5.32 Å². The lowest BCUT2D eigenvalue weighted by molar-refractivity contribution is -0.118. The molecule has 1 saturated heterocycles. The number of amides is 1. The van der Waals surface area contributed by atoms with Crippen LogP contribution in [0.3, 0.4) is 0 Å². The molecule has 1 heterocycles. The van der Waals surface area contributed by atoms with Crippen LogP contribution in [0.15, 0.2) is 47.4 Å². The van der Waals surface area contributed by atoms with Gasteiger partial charge < -0.3 is 14.8 Å². The highest BCUT2D eigenvalue weighted by Gasteiger charge is 2.26. The van der Waals surface area contributed by atoms with Crippen molar-refractivity contribution in [3.8, 4) is 11.5 Å². The van der Waals surface area contributed by atoms with Crippen molar-refractivity contribution in [1.82, 2.24) is 4.31 Å². The van der Waals surface area contributed by atoms with Crippen molar-refractivity contribution >= 4 is 21.6 Å². The second kappa shape index (κ2) is 9.28. The van der Waals surface area contributed by atoms with Gasteiger partial charge in [0.1, 0.15) is 11.5 Å². The SMILES string of the molecule is COc1ccc(NC(=O)COc2ccc(S(=O)(=O)N3CCCCC3)cc2C)cc1. The zero-order valence-corrected chi connectivity index (χ0v) is 17.5. The standard InChI is InChI=1S/C21H26N2O5S/c1-16-14-19(29(25,26)23-12-4-3-5-13-23)10-11-20(16)28-15-21(24)22-17-6-8-18(27-2)9-7-17/h6-11,14H,3-5,12-13,15H2,1-2H3,(H,22,24). The number of nitrogens with zero attached hydrogens (tertiary/aromatic N) is 1. The van der Waals surface area contributed by atoms with E-state index in [9.17, 15) is 13.2 Å². The van der Waals surface area contributed by atoms with Crippen LogP contribution in [0.1, 0.15) is 24.8 Å². The van der Waals surface area contributed by atoms with E-state index < -0.39 is 10.0 Å². The molecule has 29 heavy (non-hydrogen) atoms. The Hall–Kier alpha value is -2.58. The zero-order chi connectivity index (χ0) is 20.9. The molecule has 1 aliphatic heterocycles. The number of hydrogen-bond donors (Lipinski definition) is 1. The van der Waals surface area contributed by atoms with Gasteiger partial charge in [0.25, 0.3) is 5.91 Å². The summed E-state index contributed by atoms with van der Waals surface area (Å²) in [6, 6.07) is 11.7. The number of nitrogens with one attached hydrogen (secondary N) is 1. The lowest BCUT2D eigenvalue weighted by atomic mass is 10.2. The van der Waals surface area contributed by atoms with Crippen LogP contribution in [-0.2, 0) is 14.8 Å². The number of benzene rings is 2. The molecule has 0 aromatic heterocycles. The van der Waals surface area contributed by atoms with E-state index in [4.69, 9.17) is 9.47 Å². The summed E-state index contributed by atoms with van der Waals surface area (Å²) in [6.07, 6.45) is 2.85. The molecule has 2 aromatic rings. The Morgan fingerprint density at radius 1 is 1.07 bits per heavy atom. The van der Waals surface area contributed by atoms with Gasteiger partial charge >= 0.3 is 0 Å². The van der Waals surface area contributed by atoms with Crippen LogP contribution in [0.25, 0.3) is 0 Å². The number of anilines is 1. The predicted molar refractivity (Wildman–Crippen MR) is 111 cm³/mol. The lowest BCUT2D eigenvalue weighted by Gasteiger charge is -2.26. The largest absolute Gasteiger partial charge is 0.497 e. The molecule has 8 heteroatoms. The Balaban J connectivity index is 1.60. The zero-order valence-electron chi connectivity index (χ0n) is 16.7. The van der Waals surface area contributed by atoms with Crippen LogP contribution < -0.4 is 14.8 Å². The third-order valence-corrected chi connectivity index (χ3v) is 6.73. The van der Waals surface area contributed by atoms with Gasteiger partial charge in [-0.05, 0) is 67.8 Å². The Morgan fingerprint density at radius 2 is 1.76 bits per heavy atom. The quantitative estimate of drug-likeness (QED) is 0.746. The summed E-state index contributed by atoms with van der Waals surface area (Å²) in [5.41, 5.74) is 1.31. The number of carbonyl (C=O) groups is 1. The van der Waals surface area contributed by atoms with Gasteiger partial charge in [-0.15, -0.1) is 0 Å². The fraction of sp³-hybridized carbons (Fsp3) is 0.381. The predicted octanol–water partition coefficient (Wildman–Crippen LogP) is 3.20. The average Bonchev–Trinajstić information content (AvgIpc) is 2.74. The summed E-state index contributed by atoms with van der Waals surface area (Å²) in [5.74, 6) is 0.876. The molecule has 0 atom stereocenters. The lowest BCUT2D eigenvalue weighted by Crippen LogP contribution is -2.35. The van der Waals surface area contributed by atoms with Gasteiger partial charge in [0.2, 0.25) is 10.0 Å². The number of ether oxygens (including phenoxy) is 2. The summed E-state index contributed by atoms with van der Waals surface area (Å²) in [6.45, 7) is 2.72. The van der Waals surface area contributed by atoms with Crippen LogP contribution >= 0.6 is 0 Å². The van der Waals surface area contributed by atoms with Gasteiger partial charge in [0, 0.05) is 18.8 Å². The van der Waals surface area contributed by atoms with Gasteiger partial charge in [-0.3, -0.25) is 4.79 Å². The fourth-order valence-electron chi connectivity index (χ4n) is 3.21. The molecule has 0 radical (unpaired) electrons. The highest BCUT2D eigenvalue weighted by molar-refractivity contribution is 7.89. The van der Waals surface area contributed by atoms with Crippen molar-refractivity contribution in [2.75, 3.05) is 32.1 Å². The first kappa shape index (κ1) is 21.1. The molecule has 0 unspecified atom stereocenters. The smallest absolute Gasteiger partial charge is 0.262 e. The van der Waals surface area contributed by atoms with Crippen molar-refractivity contribution in [2.45, 2.75) is 31.1 Å². The molecule has 7 nitrogen and oxygen atoms in total. The maximum Gasteiger partial charge on any atom is 0.262 e. The second-order valence-electron chi connectivity index (χ2n) is 6.96.